The first kappa shape index (κ1) is 11.5. The molecule has 0 amide bonds. The molecular weight excluding hydrogens is 198 g/mol. The van der Waals surface area contributed by atoms with Gasteiger partial charge in [-0.15, -0.1) is 0 Å². The van der Waals surface area contributed by atoms with Crippen LogP contribution in [0.1, 0.15) is 26.2 Å². The van der Waals surface area contributed by atoms with Crippen molar-refractivity contribution < 1.29 is 5.11 Å². The van der Waals surface area contributed by atoms with Crippen LogP contribution in [0.15, 0.2) is 30.3 Å². The largest absolute Gasteiger partial charge is 0.393 e. The molecule has 1 N–H and O–H groups in total. The molecule has 88 valence electrons. The minimum Gasteiger partial charge on any atom is -0.393 e. The van der Waals surface area contributed by atoms with Crippen LogP contribution < -0.4 is 4.90 Å². The third-order valence-corrected chi connectivity index (χ3v) is 3.79. The Balaban J connectivity index is 2.11. The van der Waals surface area contributed by atoms with Crippen LogP contribution >= 0.6 is 0 Å². The second kappa shape index (κ2) is 4.88. The van der Waals surface area contributed by atoms with Crippen molar-refractivity contribution in [3.05, 3.63) is 30.3 Å². The predicted octanol–water partition coefficient (Wildman–Crippen LogP) is 2.67. The van der Waals surface area contributed by atoms with Crippen molar-refractivity contribution in [2.45, 2.75) is 38.3 Å². The van der Waals surface area contributed by atoms with Gasteiger partial charge in [-0.05, 0) is 37.3 Å². The summed E-state index contributed by atoms with van der Waals surface area (Å²) in [6.45, 7) is 2.29. The maximum Gasteiger partial charge on any atom is 0.0560 e. The maximum absolute atomic E-state index is 9.77. The first-order chi connectivity index (χ1) is 7.68. The first-order valence-corrected chi connectivity index (χ1v) is 6.14. The molecule has 1 aliphatic rings. The van der Waals surface area contributed by atoms with E-state index >= 15 is 0 Å². The molecule has 1 aliphatic carbocycles. The number of aliphatic hydroxyl groups excluding tert-OH is 1. The quantitative estimate of drug-likeness (QED) is 0.826. The highest BCUT2D eigenvalue weighted by Crippen LogP contribution is 2.30. The number of para-hydroxylation sites is 1. The van der Waals surface area contributed by atoms with Gasteiger partial charge in [0.2, 0.25) is 0 Å². The number of aliphatic hydroxyl groups is 1. The molecule has 16 heavy (non-hydrogen) atoms. The van der Waals surface area contributed by atoms with Gasteiger partial charge < -0.3 is 10.0 Å². The predicted molar refractivity (Wildman–Crippen MR) is 67.7 cm³/mol. The number of anilines is 1. The highest BCUT2D eigenvalue weighted by molar-refractivity contribution is 5.46. The summed E-state index contributed by atoms with van der Waals surface area (Å²) >= 11 is 0. The van der Waals surface area contributed by atoms with E-state index in [1.54, 1.807) is 0 Å². The van der Waals surface area contributed by atoms with Crippen LogP contribution in [0.5, 0.6) is 0 Å². The molecule has 0 bridgehead atoms. The number of rotatable bonds is 2. The van der Waals surface area contributed by atoms with Crippen LogP contribution in [0.4, 0.5) is 5.69 Å². The average Bonchev–Trinajstić information content (AvgIpc) is 2.32. The summed E-state index contributed by atoms with van der Waals surface area (Å²) in [6.07, 6.45) is 2.86. The van der Waals surface area contributed by atoms with E-state index in [9.17, 15) is 5.11 Å². The van der Waals surface area contributed by atoms with Crippen LogP contribution in [0.3, 0.4) is 0 Å². The van der Waals surface area contributed by atoms with Gasteiger partial charge in [-0.25, -0.2) is 0 Å². The molecule has 3 unspecified atom stereocenters. The van der Waals surface area contributed by atoms with Gasteiger partial charge in [0, 0.05) is 18.8 Å². The highest BCUT2D eigenvalue weighted by Gasteiger charge is 2.29. The van der Waals surface area contributed by atoms with Crippen LogP contribution in [0.2, 0.25) is 0 Å². The van der Waals surface area contributed by atoms with Crippen molar-refractivity contribution in [1.29, 1.82) is 0 Å². The molecule has 0 radical (unpaired) electrons. The third kappa shape index (κ3) is 2.38. The first-order valence-electron chi connectivity index (χ1n) is 6.14. The minimum absolute atomic E-state index is 0.118. The lowest BCUT2D eigenvalue weighted by molar-refractivity contribution is 0.0983. The SMILES string of the molecule is CC1CCC(O)CC1N(C)c1ccccc1. The summed E-state index contributed by atoms with van der Waals surface area (Å²) in [7, 11) is 2.13. The number of hydrogen-bond donors (Lipinski definition) is 1. The zero-order valence-electron chi connectivity index (χ0n) is 10.1. The van der Waals surface area contributed by atoms with Crippen LogP contribution in [0.25, 0.3) is 0 Å². The monoisotopic (exact) mass is 219 g/mol. The standard InChI is InChI=1S/C14H21NO/c1-11-8-9-13(16)10-14(11)15(2)12-6-4-3-5-7-12/h3-7,11,13-14,16H,8-10H2,1-2H3. The van der Waals surface area contributed by atoms with Crippen molar-refractivity contribution in [1.82, 2.24) is 0 Å². The highest BCUT2D eigenvalue weighted by atomic mass is 16.3. The maximum atomic E-state index is 9.77. The van der Waals surface area contributed by atoms with Gasteiger partial charge in [-0.3, -0.25) is 0 Å². The Labute approximate surface area is 97.9 Å². The Morgan fingerprint density at radius 3 is 2.56 bits per heavy atom. The summed E-state index contributed by atoms with van der Waals surface area (Å²) < 4.78 is 0. The molecule has 0 spiro atoms. The molecule has 0 aliphatic heterocycles. The lowest BCUT2D eigenvalue weighted by atomic mass is 9.83. The van der Waals surface area contributed by atoms with Crippen LogP contribution in [-0.4, -0.2) is 24.3 Å². The van der Waals surface area contributed by atoms with Gasteiger partial charge in [-0.1, -0.05) is 25.1 Å². The molecular formula is C14H21NO. The lowest BCUT2D eigenvalue weighted by Crippen LogP contribution is -2.42. The van der Waals surface area contributed by atoms with Gasteiger partial charge >= 0.3 is 0 Å². The van der Waals surface area contributed by atoms with E-state index in [-0.39, 0.29) is 6.10 Å². The van der Waals surface area contributed by atoms with Crippen molar-refractivity contribution >= 4 is 5.69 Å². The van der Waals surface area contributed by atoms with E-state index in [0.717, 1.165) is 19.3 Å². The topological polar surface area (TPSA) is 23.5 Å². The molecule has 2 heteroatoms. The van der Waals surface area contributed by atoms with E-state index in [1.165, 1.54) is 5.69 Å². The van der Waals surface area contributed by atoms with Gasteiger partial charge in [0.05, 0.1) is 6.10 Å². The smallest absolute Gasteiger partial charge is 0.0560 e. The number of nitrogens with zero attached hydrogens (tertiary/aromatic N) is 1. The minimum atomic E-state index is -0.118. The molecule has 0 aromatic heterocycles. The normalized spacial score (nSPS) is 30.1. The Kier molecular flexibility index (Phi) is 3.49. The van der Waals surface area contributed by atoms with Crippen molar-refractivity contribution in [2.24, 2.45) is 5.92 Å². The zero-order chi connectivity index (χ0) is 11.5. The number of hydrogen-bond acceptors (Lipinski definition) is 2. The molecule has 1 aromatic rings. The summed E-state index contributed by atoms with van der Waals surface area (Å²) in [4.78, 5) is 2.31. The van der Waals surface area contributed by atoms with E-state index < -0.39 is 0 Å². The lowest BCUT2D eigenvalue weighted by Gasteiger charge is -2.39. The third-order valence-electron chi connectivity index (χ3n) is 3.79. The van der Waals surface area contributed by atoms with E-state index in [2.05, 4.69) is 43.1 Å². The Bertz CT molecular complexity index is 325. The van der Waals surface area contributed by atoms with E-state index in [1.807, 2.05) is 6.07 Å². The summed E-state index contributed by atoms with van der Waals surface area (Å²) in [5.41, 5.74) is 1.24. The van der Waals surface area contributed by atoms with Gasteiger partial charge in [-0.2, -0.15) is 0 Å². The molecule has 1 aromatic carbocycles. The van der Waals surface area contributed by atoms with Crippen molar-refractivity contribution in [3.8, 4) is 0 Å². The van der Waals surface area contributed by atoms with Gasteiger partial charge in [0.25, 0.3) is 0 Å². The Hall–Kier alpha value is -1.02. The Morgan fingerprint density at radius 1 is 1.19 bits per heavy atom. The summed E-state index contributed by atoms with van der Waals surface area (Å²) in [6, 6.07) is 10.9. The second-order valence-electron chi connectivity index (χ2n) is 4.96. The fraction of sp³-hybridized carbons (Fsp3) is 0.571. The molecule has 0 saturated heterocycles. The van der Waals surface area contributed by atoms with Crippen LogP contribution in [0, 0.1) is 5.92 Å². The molecule has 1 fully saturated rings. The van der Waals surface area contributed by atoms with E-state index in [4.69, 9.17) is 0 Å². The molecule has 3 atom stereocenters. The molecule has 2 nitrogen and oxygen atoms in total. The van der Waals surface area contributed by atoms with Gasteiger partial charge in [0.15, 0.2) is 0 Å². The van der Waals surface area contributed by atoms with Gasteiger partial charge in [0.1, 0.15) is 0 Å². The Morgan fingerprint density at radius 2 is 1.88 bits per heavy atom. The van der Waals surface area contributed by atoms with E-state index in [0.29, 0.717) is 12.0 Å². The summed E-state index contributed by atoms with van der Waals surface area (Å²) in [5, 5.41) is 9.77. The molecule has 0 heterocycles. The fourth-order valence-electron chi connectivity index (χ4n) is 2.67. The molecule has 2 rings (SSSR count). The van der Waals surface area contributed by atoms with Crippen molar-refractivity contribution in [3.63, 3.8) is 0 Å². The summed E-state index contributed by atoms with van der Waals surface area (Å²) in [5.74, 6) is 0.661. The second-order valence-corrected chi connectivity index (χ2v) is 4.96. The van der Waals surface area contributed by atoms with Crippen LogP contribution in [-0.2, 0) is 0 Å². The van der Waals surface area contributed by atoms with Crippen molar-refractivity contribution in [2.75, 3.05) is 11.9 Å². The molecule has 1 saturated carbocycles. The zero-order valence-corrected chi connectivity index (χ0v) is 10.1. The number of benzene rings is 1. The average molecular weight is 219 g/mol. The fourth-order valence-corrected chi connectivity index (χ4v) is 2.67.